The quantitative estimate of drug-likeness (QED) is 0.688. The summed E-state index contributed by atoms with van der Waals surface area (Å²) in [6, 6.07) is 9.52. The lowest BCUT2D eigenvalue weighted by molar-refractivity contribution is -0.126. The van der Waals surface area contributed by atoms with E-state index in [1.165, 1.54) is 11.9 Å². The summed E-state index contributed by atoms with van der Waals surface area (Å²) in [6.45, 7) is 1.83. The Kier molecular flexibility index (Phi) is 4.47. The van der Waals surface area contributed by atoms with Crippen LogP contribution in [0.5, 0.6) is 0 Å². The summed E-state index contributed by atoms with van der Waals surface area (Å²) in [6.07, 6.45) is 0. The fourth-order valence-corrected chi connectivity index (χ4v) is 1.35. The summed E-state index contributed by atoms with van der Waals surface area (Å²) in [5.41, 5.74) is 8.64. The van der Waals surface area contributed by atoms with Crippen LogP contribution in [0.2, 0.25) is 0 Å². The van der Waals surface area contributed by atoms with Crippen LogP contribution >= 0.6 is 0 Å². The molecule has 0 unspecified atom stereocenters. The zero-order valence-corrected chi connectivity index (χ0v) is 9.14. The third kappa shape index (κ3) is 4.56. The molecule has 0 aliphatic carbocycles. The summed E-state index contributed by atoms with van der Waals surface area (Å²) >= 11 is 0. The normalized spacial score (nSPS) is 10.1. The molecule has 0 bridgehead atoms. The fourth-order valence-electron chi connectivity index (χ4n) is 1.35. The lowest BCUT2D eigenvalue weighted by Gasteiger charge is -2.20. The number of carbonyl (C=O) groups excluding carboxylic acids is 2. The summed E-state index contributed by atoms with van der Waals surface area (Å²) in [5, 5.41) is 1.49. The van der Waals surface area contributed by atoms with Crippen molar-refractivity contribution in [3.63, 3.8) is 0 Å². The molecule has 1 rings (SSSR count). The van der Waals surface area contributed by atoms with Gasteiger partial charge >= 0.3 is 0 Å². The summed E-state index contributed by atoms with van der Waals surface area (Å²) in [4.78, 5) is 21.7. The fraction of sp³-hybridized carbons (Fsp3) is 0.273. The average molecular weight is 221 g/mol. The van der Waals surface area contributed by atoms with Crippen LogP contribution in [0.15, 0.2) is 30.3 Å². The number of nitrogens with two attached hydrogens (primary N) is 1. The molecule has 5 nitrogen and oxygen atoms in total. The predicted molar refractivity (Wildman–Crippen MR) is 59.9 cm³/mol. The number of hydrogen-bond acceptors (Lipinski definition) is 3. The molecule has 5 heteroatoms. The second-order valence-corrected chi connectivity index (χ2v) is 3.48. The Morgan fingerprint density at radius 3 is 2.44 bits per heavy atom. The Morgan fingerprint density at radius 1 is 1.31 bits per heavy atom. The van der Waals surface area contributed by atoms with Gasteiger partial charge in [0.1, 0.15) is 0 Å². The van der Waals surface area contributed by atoms with Crippen LogP contribution in [0.25, 0.3) is 0 Å². The minimum atomic E-state index is -0.482. The van der Waals surface area contributed by atoms with Crippen LogP contribution in [0.1, 0.15) is 12.5 Å². The molecule has 0 aliphatic heterocycles. The Hall–Kier alpha value is -1.88. The first-order valence-corrected chi connectivity index (χ1v) is 4.92. The van der Waals surface area contributed by atoms with Crippen LogP contribution in [0.4, 0.5) is 0 Å². The van der Waals surface area contributed by atoms with Crippen molar-refractivity contribution in [3.8, 4) is 0 Å². The number of hydrazine groups is 1. The molecule has 16 heavy (non-hydrogen) atoms. The van der Waals surface area contributed by atoms with Crippen molar-refractivity contribution >= 4 is 11.8 Å². The first-order chi connectivity index (χ1) is 7.58. The Balaban J connectivity index is 2.63. The number of nitrogens with zero attached hydrogens (tertiary/aromatic N) is 1. The Bertz CT molecular complexity index is 349. The van der Waals surface area contributed by atoms with Crippen LogP contribution in [0.3, 0.4) is 0 Å². The Morgan fingerprint density at radius 2 is 1.94 bits per heavy atom. The van der Waals surface area contributed by atoms with Crippen molar-refractivity contribution in [1.29, 1.82) is 0 Å². The molecule has 0 radical (unpaired) electrons. The maximum Gasteiger partial charge on any atom is 0.233 e. The molecule has 1 aromatic rings. The second kappa shape index (κ2) is 5.87. The van der Waals surface area contributed by atoms with E-state index >= 15 is 0 Å². The molecule has 0 atom stereocenters. The molecule has 1 aromatic carbocycles. The van der Waals surface area contributed by atoms with E-state index in [-0.39, 0.29) is 12.5 Å². The van der Waals surface area contributed by atoms with Crippen molar-refractivity contribution in [2.75, 3.05) is 6.54 Å². The van der Waals surface area contributed by atoms with Gasteiger partial charge in [0.15, 0.2) is 0 Å². The number of carbonyl (C=O) groups is 2. The van der Waals surface area contributed by atoms with E-state index in [0.29, 0.717) is 6.54 Å². The highest BCUT2D eigenvalue weighted by Crippen LogP contribution is 2.01. The van der Waals surface area contributed by atoms with Crippen LogP contribution in [-0.2, 0) is 16.1 Å². The molecule has 86 valence electrons. The van der Waals surface area contributed by atoms with Crippen molar-refractivity contribution < 1.29 is 9.59 Å². The van der Waals surface area contributed by atoms with Crippen molar-refractivity contribution in [1.82, 2.24) is 10.4 Å². The summed E-state index contributed by atoms with van der Waals surface area (Å²) in [7, 11) is 0. The van der Waals surface area contributed by atoms with Gasteiger partial charge in [0.05, 0.1) is 6.54 Å². The molecule has 3 N–H and O–H groups in total. The molecule has 0 saturated heterocycles. The highest BCUT2D eigenvalue weighted by Gasteiger charge is 2.09. The minimum absolute atomic E-state index is 0.00548. The molecule has 2 amide bonds. The lowest BCUT2D eigenvalue weighted by atomic mass is 10.2. The number of benzene rings is 1. The first-order valence-electron chi connectivity index (χ1n) is 4.92. The van der Waals surface area contributed by atoms with Crippen LogP contribution in [-0.4, -0.2) is 23.4 Å². The van der Waals surface area contributed by atoms with Gasteiger partial charge in [-0.25, -0.2) is 5.01 Å². The standard InChI is InChI=1S/C11H15N3O2/c1-9(15)13-14(8-11(12)16)7-10-5-3-2-4-6-10/h2-6H,7-8H2,1H3,(H2,12,16)(H,13,15). The van der Waals surface area contributed by atoms with Gasteiger partial charge in [0, 0.05) is 13.5 Å². The predicted octanol–water partition coefficient (Wildman–Crippen LogP) is 0.0250. The van der Waals surface area contributed by atoms with E-state index in [4.69, 9.17) is 5.73 Å². The van der Waals surface area contributed by atoms with Gasteiger partial charge in [-0.15, -0.1) is 0 Å². The van der Waals surface area contributed by atoms with E-state index < -0.39 is 5.91 Å². The molecule has 0 fully saturated rings. The third-order valence-electron chi connectivity index (χ3n) is 1.88. The molecule has 0 aliphatic rings. The number of primary amides is 1. The maximum absolute atomic E-state index is 10.9. The SMILES string of the molecule is CC(=O)NN(CC(N)=O)Cc1ccccc1. The average Bonchev–Trinajstić information content (AvgIpc) is 2.16. The first kappa shape index (κ1) is 12.2. The minimum Gasteiger partial charge on any atom is -0.368 e. The third-order valence-corrected chi connectivity index (χ3v) is 1.88. The molecular weight excluding hydrogens is 206 g/mol. The van der Waals surface area contributed by atoms with E-state index in [9.17, 15) is 9.59 Å². The van der Waals surface area contributed by atoms with E-state index in [2.05, 4.69) is 5.43 Å². The highest BCUT2D eigenvalue weighted by atomic mass is 16.2. The molecular formula is C11H15N3O2. The molecule has 0 aromatic heterocycles. The van der Waals surface area contributed by atoms with Crippen molar-refractivity contribution in [2.24, 2.45) is 5.73 Å². The largest absolute Gasteiger partial charge is 0.368 e. The monoisotopic (exact) mass is 221 g/mol. The van der Waals surface area contributed by atoms with Gasteiger partial charge in [-0.05, 0) is 5.56 Å². The number of nitrogens with one attached hydrogen (secondary N) is 1. The smallest absolute Gasteiger partial charge is 0.233 e. The van der Waals surface area contributed by atoms with Gasteiger partial charge in [-0.3, -0.25) is 15.0 Å². The molecule has 0 saturated carbocycles. The topological polar surface area (TPSA) is 75.4 Å². The van der Waals surface area contributed by atoms with Crippen molar-refractivity contribution in [3.05, 3.63) is 35.9 Å². The molecule has 0 heterocycles. The van der Waals surface area contributed by atoms with Crippen LogP contribution in [0, 0.1) is 0 Å². The van der Waals surface area contributed by atoms with Crippen molar-refractivity contribution in [2.45, 2.75) is 13.5 Å². The zero-order valence-electron chi connectivity index (χ0n) is 9.14. The zero-order chi connectivity index (χ0) is 12.0. The van der Waals surface area contributed by atoms with Gasteiger partial charge in [-0.1, -0.05) is 30.3 Å². The van der Waals surface area contributed by atoms with Gasteiger partial charge in [-0.2, -0.15) is 0 Å². The van der Waals surface area contributed by atoms with Gasteiger partial charge < -0.3 is 5.73 Å². The van der Waals surface area contributed by atoms with Gasteiger partial charge in [0.2, 0.25) is 11.8 Å². The number of hydrogen-bond donors (Lipinski definition) is 2. The number of amides is 2. The van der Waals surface area contributed by atoms with E-state index in [1.54, 1.807) is 0 Å². The maximum atomic E-state index is 10.9. The molecule has 0 spiro atoms. The van der Waals surface area contributed by atoms with E-state index in [0.717, 1.165) is 5.56 Å². The van der Waals surface area contributed by atoms with Crippen LogP contribution < -0.4 is 11.2 Å². The second-order valence-electron chi connectivity index (χ2n) is 3.48. The lowest BCUT2D eigenvalue weighted by Crippen LogP contribution is -2.45. The number of rotatable bonds is 5. The summed E-state index contributed by atoms with van der Waals surface area (Å²) < 4.78 is 0. The Labute approximate surface area is 94.2 Å². The van der Waals surface area contributed by atoms with Gasteiger partial charge in [0.25, 0.3) is 0 Å². The highest BCUT2D eigenvalue weighted by molar-refractivity contribution is 5.77. The van der Waals surface area contributed by atoms with E-state index in [1.807, 2.05) is 30.3 Å². The summed E-state index contributed by atoms with van der Waals surface area (Å²) in [5.74, 6) is -0.707.